The van der Waals surface area contributed by atoms with Crippen LogP contribution in [0.2, 0.25) is 0 Å². The van der Waals surface area contributed by atoms with E-state index in [1.165, 1.54) is 24.2 Å². The summed E-state index contributed by atoms with van der Waals surface area (Å²) in [4.78, 5) is 26.5. The normalized spacial score (nSPS) is 10.2. The molecule has 9 nitrogen and oxygen atoms in total. The number of aromatic nitrogens is 4. The third-order valence-corrected chi connectivity index (χ3v) is 2.14. The van der Waals surface area contributed by atoms with E-state index in [0.29, 0.717) is 11.6 Å². The van der Waals surface area contributed by atoms with Gasteiger partial charge in [0.25, 0.3) is 11.7 Å². The summed E-state index contributed by atoms with van der Waals surface area (Å²) in [6.45, 7) is 1.55. The number of aryl methyl sites for hydroxylation is 1. The van der Waals surface area contributed by atoms with Gasteiger partial charge in [-0.25, -0.2) is 0 Å². The highest BCUT2D eigenvalue weighted by molar-refractivity contribution is 6.01. The molecule has 0 radical (unpaired) electrons. The van der Waals surface area contributed by atoms with Crippen molar-refractivity contribution in [3.05, 3.63) is 24.1 Å². The van der Waals surface area contributed by atoms with E-state index in [9.17, 15) is 9.59 Å². The van der Waals surface area contributed by atoms with Gasteiger partial charge in [0.05, 0.1) is 19.0 Å². The van der Waals surface area contributed by atoms with Crippen LogP contribution >= 0.6 is 0 Å². The number of carbonyl (C=O) groups is 2. The summed E-state index contributed by atoms with van der Waals surface area (Å²) in [6, 6.07) is 0. The lowest BCUT2D eigenvalue weighted by Crippen LogP contribution is -2.14. The number of nitrogens with zero attached hydrogens (tertiary/aromatic N) is 4. The minimum atomic E-state index is -0.519. The molecular weight excluding hydrogens is 254 g/mol. The average Bonchev–Trinajstić information content (AvgIpc) is 2.98. The highest BCUT2D eigenvalue weighted by Gasteiger charge is 2.14. The topological polar surface area (TPSA) is 112 Å². The molecule has 0 atom stereocenters. The molecule has 1 amide bonds. The standard InChI is InChI=1S/C10H11N5O4/c1-6-12-9(14-19-6)10(17)13-7-3-11-15(4-7)5-8(16)18-2/h3-4H,5H2,1-2H3,(H,13,17). The van der Waals surface area contributed by atoms with Crippen molar-refractivity contribution in [2.75, 3.05) is 12.4 Å². The number of methoxy groups -OCH3 is 1. The lowest BCUT2D eigenvalue weighted by atomic mass is 10.5. The fourth-order valence-electron chi connectivity index (χ4n) is 1.29. The van der Waals surface area contributed by atoms with Gasteiger partial charge >= 0.3 is 5.97 Å². The molecule has 0 aliphatic carbocycles. The van der Waals surface area contributed by atoms with Gasteiger partial charge in [-0.2, -0.15) is 10.1 Å². The van der Waals surface area contributed by atoms with Crippen molar-refractivity contribution in [2.24, 2.45) is 0 Å². The van der Waals surface area contributed by atoms with Gasteiger partial charge in [-0.3, -0.25) is 14.3 Å². The number of carbonyl (C=O) groups excluding carboxylic acids is 2. The Bertz CT molecular complexity index is 603. The number of ether oxygens (including phenoxy) is 1. The number of amides is 1. The van der Waals surface area contributed by atoms with Crippen LogP contribution < -0.4 is 5.32 Å². The third-order valence-electron chi connectivity index (χ3n) is 2.14. The zero-order chi connectivity index (χ0) is 13.8. The molecule has 0 fully saturated rings. The number of anilines is 1. The van der Waals surface area contributed by atoms with Gasteiger partial charge in [0.15, 0.2) is 0 Å². The third kappa shape index (κ3) is 3.15. The molecule has 2 rings (SSSR count). The van der Waals surface area contributed by atoms with Gasteiger partial charge in [-0.05, 0) is 0 Å². The van der Waals surface area contributed by atoms with Crippen LogP contribution in [-0.4, -0.2) is 38.9 Å². The van der Waals surface area contributed by atoms with Crippen molar-refractivity contribution in [3.8, 4) is 0 Å². The number of hydrogen-bond acceptors (Lipinski definition) is 7. The molecule has 0 aromatic carbocycles. The Morgan fingerprint density at radius 3 is 2.95 bits per heavy atom. The SMILES string of the molecule is COC(=O)Cn1cc(NC(=O)c2noc(C)n2)cn1. The molecule has 2 aromatic heterocycles. The molecule has 100 valence electrons. The van der Waals surface area contributed by atoms with Crippen LogP contribution in [-0.2, 0) is 16.1 Å². The monoisotopic (exact) mass is 265 g/mol. The lowest BCUT2D eigenvalue weighted by Gasteiger charge is -1.98. The first-order valence-electron chi connectivity index (χ1n) is 5.29. The van der Waals surface area contributed by atoms with Crippen LogP contribution in [0.5, 0.6) is 0 Å². The Balaban J connectivity index is 2.00. The largest absolute Gasteiger partial charge is 0.468 e. The maximum atomic E-state index is 11.7. The van der Waals surface area contributed by atoms with Gasteiger partial charge < -0.3 is 14.6 Å². The highest BCUT2D eigenvalue weighted by atomic mass is 16.5. The molecule has 0 aliphatic rings. The molecule has 0 bridgehead atoms. The number of esters is 1. The molecule has 19 heavy (non-hydrogen) atoms. The Morgan fingerprint density at radius 2 is 2.32 bits per heavy atom. The van der Waals surface area contributed by atoms with Crippen molar-refractivity contribution in [3.63, 3.8) is 0 Å². The molecule has 2 aromatic rings. The van der Waals surface area contributed by atoms with Gasteiger partial charge in [-0.15, -0.1) is 0 Å². The van der Waals surface area contributed by atoms with E-state index in [4.69, 9.17) is 4.52 Å². The van der Waals surface area contributed by atoms with E-state index >= 15 is 0 Å². The first kappa shape index (κ1) is 12.7. The number of hydrogen-bond donors (Lipinski definition) is 1. The van der Waals surface area contributed by atoms with E-state index in [0.717, 1.165) is 0 Å². The Kier molecular flexibility index (Phi) is 3.55. The van der Waals surface area contributed by atoms with Crippen LogP contribution in [0.15, 0.2) is 16.9 Å². The molecule has 2 heterocycles. The average molecular weight is 265 g/mol. The van der Waals surface area contributed by atoms with Crippen LogP contribution in [0, 0.1) is 6.92 Å². The van der Waals surface area contributed by atoms with E-state index in [-0.39, 0.29) is 12.4 Å². The Morgan fingerprint density at radius 1 is 1.53 bits per heavy atom. The minimum Gasteiger partial charge on any atom is -0.468 e. The van der Waals surface area contributed by atoms with Crippen molar-refractivity contribution in [2.45, 2.75) is 13.5 Å². The molecule has 0 spiro atoms. The van der Waals surface area contributed by atoms with Gasteiger partial charge in [0.2, 0.25) is 5.89 Å². The summed E-state index contributed by atoms with van der Waals surface area (Å²) in [5, 5.41) is 9.90. The molecule has 1 N–H and O–H groups in total. The molecule has 9 heteroatoms. The number of nitrogens with one attached hydrogen (secondary N) is 1. The van der Waals surface area contributed by atoms with Gasteiger partial charge in [0.1, 0.15) is 6.54 Å². The second-order valence-electron chi connectivity index (χ2n) is 3.59. The van der Waals surface area contributed by atoms with E-state index < -0.39 is 11.9 Å². The fourth-order valence-corrected chi connectivity index (χ4v) is 1.29. The second-order valence-corrected chi connectivity index (χ2v) is 3.59. The summed E-state index contributed by atoms with van der Waals surface area (Å²) >= 11 is 0. The summed E-state index contributed by atoms with van der Waals surface area (Å²) in [5.74, 6) is -0.728. The second kappa shape index (κ2) is 5.29. The molecule has 0 unspecified atom stereocenters. The fraction of sp³-hybridized carbons (Fsp3) is 0.300. The first-order chi connectivity index (χ1) is 9.08. The Labute approximate surface area is 107 Å². The van der Waals surface area contributed by atoms with Crippen molar-refractivity contribution in [1.82, 2.24) is 19.9 Å². The molecular formula is C10H11N5O4. The quantitative estimate of drug-likeness (QED) is 0.774. The molecule has 0 saturated carbocycles. The predicted molar refractivity (Wildman–Crippen MR) is 61.2 cm³/mol. The highest BCUT2D eigenvalue weighted by Crippen LogP contribution is 2.07. The van der Waals surface area contributed by atoms with E-state index in [2.05, 4.69) is 25.3 Å². The van der Waals surface area contributed by atoms with Crippen molar-refractivity contribution in [1.29, 1.82) is 0 Å². The van der Waals surface area contributed by atoms with Gasteiger partial charge in [0, 0.05) is 13.1 Å². The van der Waals surface area contributed by atoms with Crippen LogP contribution in [0.4, 0.5) is 5.69 Å². The predicted octanol–water partition coefficient (Wildman–Crippen LogP) is -0.000180. The van der Waals surface area contributed by atoms with Crippen LogP contribution in [0.1, 0.15) is 16.5 Å². The van der Waals surface area contributed by atoms with Crippen molar-refractivity contribution < 1.29 is 18.8 Å². The zero-order valence-corrected chi connectivity index (χ0v) is 10.3. The van der Waals surface area contributed by atoms with Crippen molar-refractivity contribution >= 4 is 17.6 Å². The van der Waals surface area contributed by atoms with Gasteiger partial charge in [-0.1, -0.05) is 5.16 Å². The van der Waals surface area contributed by atoms with Crippen LogP contribution in [0.25, 0.3) is 0 Å². The number of rotatable bonds is 4. The smallest absolute Gasteiger partial charge is 0.327 e. The summed E-state index contributed by atoms with van der Waals surface area (Å²) in [5.41, 5.74) is 0.413. The summed E-state index contributed by atoms with van der Waals surface area (Å²) < 4.78 is 10.5. The maximum Gasteiger partial charge on any atom is 0.327 e. The van der Waals surface area contributed by atoms with E-state index in [1.807, 2.05) is 0 Å². The maximum absolute atomic E-state index is 11.7. The van der Waals surface area contributed by atoms with Crippen LogP contribution in [0.3, 0.4) is 0 Å². The first-order valence-corrected chi connectivity index (χ1v) is 5.29. The lowest BCUT2D eigenvalue weighted by molar-refractivity contribution is -0.141. The van der Waals surface area contributed by atoms with E-state index in [1.54, 1.807) is 6.92 Å². The summed E-state index contributed by atoms with van der Waals surface area (Å²) in [7, 11) is 1.28. The summed E-state index contributed by atoms with van der Waals surface area (Å²) in [6.07, 6.45) is 2.88. The molecule has 0 saturated heterocycles. The Hall–Kier alpha value is -2.71. The molecule has 0 aliphatic heterocycles. The minimum absolute atomic E-state index is 0.0340. The zero-order valence-electron chi connectivity index (χ0n) is 10.3.